The summed E-state index contributed by atoms with van der Waals surface area (Å²) in [5.74, 6) is 0.201. The van der Waals surface area contributed by atoms with E-state index in [2.05, 4.69) is 10.2 Å². The zero-order chi connectivity index (χ0) is 13.9. The molecule has 1 aromatic carbocycles. The molecular weight excluding hydrogens is 256 g/mol. The number of pyridine rings is 1. The normalized spacial score (nSPS) is 11.0. The van der Waals surface area contributed by atoms with E-state index in [-0.39, 0.29) is 11.3 Å². The standard InChI is InChI=1S/C14H14N4O2/c19-12-3-4-13-11(8-12)2-5-14(20)18(13)7-1-6-17-9-15-16-10-17/h2-5,8-10,19H,1,6-7H2. The molecule has 6 heteroatoms. The third kappa shape index (κ3) is 2.40. The highest BCUT2D eigenvalue weighted by Crippen LogP contribution is 2.18. The van der Waals surface area contributed by atoms with Crippen LogP contribution in [0.4, 0.5) is 0 Å². The van der Waals surface area contributed by atoms with Crippen LogP contribution < -0.4 is 5.56 Å². The van der Waals surface area contributed by atoms with E-state index >= 15 is 0 Å². The van der Waals surface area contributed by atoms with Crippen LogP contribution in [0.15, 0.2) is 47.8 Å². The molecule has 0 radical (unpaired) electrons. The fraction of sp³-hybridized carbons (Fsp3) is 0.214. The summed E-state index contributed by atoms with van der Waals surface area (Å²) in [6.45, 7) is 1.37. The Kier molecular flexibility index (Phi) is 3.20. The van der Waals surface area contributed by atoms with Crippen molar-refractivity contribution in [1.29, 1.82) is 0 Å². The lowest BCUT2D eigenvalue weighted by molar-refractivity contribution is 0.476. The second-order valence-electron chi connectivity index (χ2n) is 4.62. The SMILES string of the molecule is O=c1ccc2cc(O)ccc2n1CCCn1cnnc1. The maximum Gasteiger partial charge on any atom is 0.251 e. The van der Waals surface area contributed by atoms with Crippen LogP contribution in [0.3, 0.4) is 0 Å². The zero-order valence-electron chi connectivity index (χ0n) is 10.8. The van der Waals surface area contributed by atoms with Crippen molar-refractivity contribution in [1.82, 2.24) is 19.3 Å². The molecule has 0 aliphatic heterocycles. The number of fused-ring (bicyclic) bond motifs is 1. The highest BCUT2D eigenvalue weighted by Gasteiger charge is 2.04. The van der Waals surface area contributed by atoms with E-state index in [1.54, 1.807) is 41.5 Å². The molecule has 2 heterocycles. The monoisotopic (exact) mass is 270 g/mol. The van der Waals surface area contributed by atoms with Crippen LogP contribution in [0.25, 0.3) is 10.9 Å². The number of benzene rings is 1. The fourth-order valence-corrected chi connectivity index (χ4v) is 2.27. The average molecular weight is 270 g/mol. The Morgan fingerprint density at radius 1 is 1.05 bits per heavy atom. The van der Waals surface area contributed by atoms with Gasteiger partial charge in [-0.1, -0.05) is 0 Å². The first kappa shape index (κ1) is 12.4. The van der Waals surface area contributed by atoms with Gasteiger partial charge < -0.3 is 14.2 Å². The van der Waals surface area contributed by atoms with Crippen molar-refractivity contribution >= 4 is 10.9 Å². The van der Waals surface area contributed by atoms with Gasteiger partial charge in [0.1, 0.15) is 18.4 Å². The number of phenols is 1. The van der Waals surface area contributed by atoms with Crippen LogP contribution in [-0.4, -0.2) is 24.4 Å². The lowest BCUT2D eigenvalue weighted by Gasteiger charge is -2.10. The van der Waals surface area contributed by atoms with E-state index in [4.69, 9.17) is 0 Å². The Labute approximate surface area is 114 Å². The predicted molar refractivity (Wildman–Crippen MR) is 74.5 cm³/mol. The van der Waals surface area contributed by atoms with Crippen LogP contribution in [0, 0.1) is 0 Å². The third-order valence-electron chi connectivity index (χ3n) is 3.24. The molecule has 20 heavy (non-hydrogen) atoms. The van der Waals surface area contributed by atoms with Crippen LogP contribution in [-0.2, 0) is 13.1 Å². The van der Waals surface area contributed by atoms with Gasteiger partial charge >= 0.3 is 0 Å². The van der Waals surface area contributed by atoms with E-state index in [1.807, 2.05) is 4.57 Å². The van der Waals surface area contributed by atoms with Crippen LogP contribution in [0.1, 0.15) is 6.42 Å². The summed E-state index contributed by atoms with van der Waals surface area (Å²) in [5.41, 5.74) is 0.797. The lowest BCUT2D eigenvalue weighted by atomic mass is 10.2. The van der Waals surface area contributed by atoms with Gasteiger partial charge in [0.15, 0.2) is 0 Å². The number of aromatic nitrogens is 4. The summed E-state index contributed by atoms with van der Waals surface area (Å²) in [7, 11) is 0. The first-order valence-electron chi connectivity index (χ1n) is 6.39. The highest BCUT2D eigenvalue weighted by molar-refractivity contribution is 5.80. The van der Waals surface area contributed by atoms with E-state index in [9.17, 15) is 9.90 Å². The molecule has 0 saturated heterocycles. The molecular formula is C14H14N4O2. The van der Waals surface area contributed by atoms with E-state index < -0.39 is 0 Å². The molecule has 0 aliphatic carbocycles. The second-order valence-corrected chi connectivity index (χ2v) is 4.62. The maximum absolute atomic E-state index is 12.0. The van der Waals surface area contributed by atoms with Crippen molar-refractivity contribution in [2.75, 3.05) is 0 Å². The van der Waals surface area contributed by atoms with Crippen LogP contribution >= 0.6 is 0 Å². The van der Waals surface area contributed by atoms with Gasteiger partial charge in [0.05, 0.1) is 5.52 Å². The number of aryl methyl sites for hydroxylation is 2. The van der Waals surface area contributed by atoms with Gasteiger partial charge in [-0.05, 0) is 30.7 Å². The van der Waals surface area contributed by atoms with Crippen molar-refractivity contribution in [2.24, 2.45) is 0 Å². The molecule has 1 N–H and O–H groups in total. The molecule has 102 valence electrons. The molecule has 0 fully saturated rings. The minimum atomic E-state index is -0.0352. The van der Waals surface area contributed by atoms with Crippen molar-refractivity contribution in [3.8, 4) is 5.75 Å². The molecule has 3 rings (SSSR count). The molecule has 0 unspecified atom stereocenters. The summed E-state index contributed by atoms with van der Waals surface area (Å²) in [4.78, 5) is 12.0. The highest BCUT2D eigenvalue weighted by atomic mass is 16.3. The summed E-state index contributed by atoms with van der Waals surface area (Å²) >= 11 is 0. The number of phenolic OH excluding ortho intramolecular Hbond substituents is 1. The summed E-state index contributed by atoms with van der Waals surface area (Å²) in [5, 5.41) is 17.8. The minimum Gasteiger partial charge on any atom is -0.508 e. The second kappa shape index (κ2) is 5.16. The van der Waals surface area contributed by atoms with E-state index in [0.717, 1.165) is 23.9 Å². The molecule has 3 aromatic rings. The molecule has 6 nitrogen and oxygen atoms in total. The number of aromatic hydroxyl groups is 1. The molecule has 2 aromatic heterocycles. The number of nitrogens with zero attached hydrogens (tertiary/aromatic N) is 4. The lowest BCUT2D eigenvalue weighted by Crippen LogP contribution is -2.20. The van der Waals surface area contributed by atoms with Gasteiger partial charge in [-0.25, -0.2) is 0 Å². The van der Waals surface area contributed by atoms with Crippen molar-refractivity contribution < 1.29 is 5.11 Å². The largest absolute Gasteiger partial charge is 0.508 e. The fourth-order valence-electron chi connectivity index (χ4n) is 2.27. The predicted octanol–water partition coefficient (Wildman–Crippen LogP) is 1.39. The zero-order valence-corrected chi connectivity index (χ0v) is 10.8. The Hall–Kier alpha value is -2.63. The van der Waals surface area contributed by atoms with Crippen molar-refractivity contribution in [3.05, 3.63) is 53.3 Å². The van der Waals surface area contributed by atoms with Gasteiger partial charge in [0.25, 0.3) is 5.56 Å². The van der Waals surface area contributed by atoms with Crippen molar-refractivity contribution in [2.45, 2.75) is 19.5 Å². The summed E-state index contributed by atoms with van der Waals surface area (Å²) < 4.78 is 3.60. The molecule has 0 aliphatic rings. The molecule has 0 bridgehead atoms. The minimum absolute atomic E-state index is 0.0352. The third-order valence-corrected chi connectivity index (χ3v) is 3.24. The Morgan fingerprint density at radius 2 is 1.85 bits per heavy atom. The Bertz CT molecular complexity index is 777. The quantitative estimate of drug-likeness (QED) is 0.777. The summed E-state index contributed by atoms with van der Waals surface area (Å²) in [6, 6.07) is 8.28. The molecule has 0 saturated carbocycles. The van der Waals surface area contributed by atoms with Gasteiger partial charge in [0, 0.05) is 24.5 Å². The Balaban J connectivity index is 1.86. The maximum atomic E-state index is 12.0. The van der Waals surface area contributed by atoms with Crippen molar-refractivity contribution in [3.63, 3.8) is 0 Å². The van der Waals surface area contributed by atoms with Crippen LogP contribution in [0.5, 0.6) is 5.75 Å². The van der Waals surface area contributed by atoms with Gasteiger partial charge in [-0.2, -0.15) is 0 Å². The number of rotatable bonds is 4. The number of hydrogen-bond donors (Lipinski definition) is 1. The van der Waals surface area contributed by atoms with Crippen LogP contribution in [0.2, 0.25) is 0 Å². The first-order valence-corrected chi connectivity index (χ1v) is 6.39. The number of hydrogen-bond acceptors (Lipinski definition) is 4. The smallest absolute Gasteiger partial charge is 0.251 e. The van der Waals surface area contributed by atoms with E-state index in [1.165, 1.54) is 6.07 Å². The Morgan fingerprint density at radius 3 is 2.65 bits per heavy atom. The first-order chi connectivity index (χ1) is 9.74. The summed E-state index contributed by atoms with van der Waals surface area (Å²) in [6.07, 6.45) is 4.12. The molecule has 0 spiro atoms. The van der Waals surface area contributed by atoms with Gasteiger partial charge in [-0.3, -0.25) is 4.79 Å². The van der Waals surface area contributed by atoms with Gasteiger partial charge in [-0.15, -0.1) is 10.2 Å². The van der Waals surface area contributed by atoms with E-state index in [0.29, 0.717) is 6.54 Å². The van der Waals surface area contributed by atoms with Gasteiger partial charge in [0.2, 0.25) is 0 Å². The topological polar surface area (TPSA) is 72.9 Å². The average Bonchev–Trinajstić information content (AvgIpc) is 2.94. The molecule has 0 atom stereocenters. The molecule has 0 amide bonds.